The molecule has 3 rings (SSSR count). The van der Waals surface area contributed by atoms with Crippen LogP contribution in [0, 0.1) is 13.8 Å². The summed E-state index contributed by atoms with van der Waals surface area (Å²) in [7, 11) is 0. The molecule has 0 amide bonds. The van der Waals surface area contributed by atoms with Gasteiger partial charge in [-0.1, -0.05) is 0 Å². The Morgan fingerprint density at radius 2 is 1.95 bits per heavy atom. The van der Waals surface area contributed by atoms with Crippen molar-refractivity contribution in [3.05, 3.63) is 17.1 Å². The fourth-order valence-electron chi connectivity index (χ4n) is 2.46. The summed E-state index contributed by atoms with van der Waals surface area (Å²) in [6.45, 7) is 5.95. The van der Waals surface area contributed by atoms with Gasteiger partial charge in [0, 0.05) is 13.1 Å². The standard InChI is InChI=1S/C13H15N3O4/c1-7-9(13(17)18)10-11(16-3-5-19-6-4-16)14-8(2)15-12(10)20-7/h3-6H2,1-2H3,(H,17,18). The Bertz CT molecular complexity index is 674. The van der Waals surface area contributed by atoms with Gasteiger partial charge in [0.1, 0.15) is 23.0 Å². The number of aryl methyl sites for hydroxylation is 2. The van der Waals surface area contributed by atoms with Gasteiger partial charge in [-0.3, -0.25) is 0 Å². The minimum absolute atomic E-state index is 0.140. The average Bonchev–Trinajstić information content (AvgIpc) is 2.74. The number of aromatic carboxylic acids is 1. The lowest BCUT2D eigenvalue weighted by Crippen LogP contribution is -2.37. The van der Waals surface area contributed by atoms with Gasteiger partial charge in [0.25, 0.3) is 0 Å². The van der Waals surface area contributed by atoms with Gasteiger partial charge in [-0.25, -0.2) is 9.78 Å². The largest absolute Gasteiger partial charge is 0.478 e. The number of aromatic nitrogens is 2. The van der Waals surface area contributed by atoms with Crippen molar-refractivity contribution in [2.24, 2.45) is 0 Å². The maximum Gasteiger partial charge on any atom is 0.340 e. The number of nitrogens with zero attached hydrogens (tertiary/aromatic N) is 3. The van der Waals surface area contributed by atoms with Crippen LogP contribution in [0.1, 0.15) is 21.9 Å². The molecule has 20 heavy (non-hydrogen) atoms. The summed E-state index contributed by atoms with van der Waals surface area (Å²) >= 11 is 0. The maximum absolute atomic E-state index is 11.5. The van der Waals surface area contributed by atoms with Gasteiger partial charge in [0.05, 0.1) is 18.6 Å². The number of furan rings is 1. The van der Waals surface area contributed by atoms with Crippen LogP contribution in [-0.4, -0.2) is 47.3 Å². The molecule has 1 fully saturated rings. The van der Waals surface area contributed by atoms with Crippen molar-refractivity contribution in [1.82, 2.24) is 9.97 Å². The summed E-state index contributed by atoms with van der Waals surface area (Å²) in [6, 6.07) is 0. The zero-order valence-electron chi connectivity index (χ0n) is 11.3. The van der Waals surface area contributed by atoms with Gasteiger partial charge in [-0.15, -0.1) is 0 Å². The third kappa shape index (κ3) is 2.00. The molecule has 1 aliphatic heterocycles. The molecule has 0 aromatic carbocycles. The molecule has 0 atom stereocenters. The molecule has 1 saturated heterocycles. The number of hydrogen-bond acceptors (Lipinski definition) is 6. The van der Waals surface area contributed by atoms with Crippen molar-refractivity contribution in [2.75, 3.05) is 31.2 Å². The molecule has 3 heterocycles. The van der Waals surface area contributed by atoms with Crippen LogP contribution >= 0.6 is 0 Å². The number of carboxylic acids is 1. The lowest BCUT2D eigenvalue weighted by Gasteiger charge is -2.28. The van der Waals surface area contributed by atoms with Gasteiger partial charge in [0.15, 0.2) is 0 Å². The summed E-state index contributed by atoms with van der Waals surface area (Å²) in [5.74, 6) is 0.500. The van der Waals surface area contributed by atoms with Crippen LogP contribution in [0.4, 0.5) is 5.82 Å². The summed E-state index contributed by atoms with van der Waals surface area (Å²) in [6.07, 6.45) is 0. The second-order valence-electron chi connectivity index (χ2n) is 4.71. The van der Waals surface area contributed by atoms with E-state index >= 15 is 0 Å². The Morgan fingerprint density at radius 3 is 2.60 bits per heavy atom. The SMILES string of the molecule is Cc1nc(N2CCOCC2)c2c(C(=O)O)c(C)oc2n1. The van der Waals surface area contributed by atoms with E-state index in [0.29, 0.717) is 54.8 Å². The molecule has 0 bridgehead atoms. The lowest BCUT2D eigenvalue weighted by atomic mass is 10.1. The number of hydrogen-bond donors (Lipinski definition) is 1. The molecule has 2 aromatic heterocycles. The Kier molecular flexibility index (Phi) is 3.06. The Labute approximate surface area is 115 Å². The molecule has 2 aromatic rings. The van der Waals surface area contributed by atoms with E-state index in [2.05, 4.69) is 9.97 Å². The highest BCUT2D eigenvalue weighted by molar-refractivity contribution is 6.07. The number of rotatable bonds is 2. The van der Waals surface area contributed by atoms with Gasteiger partial charge < -0.3 is 19.2 Å². The Morgan fingerprint density at radius 1 is 1.25 bits per heavy atom. The van der Waals surface area contributed by atoms with Gasteiger partial charge >= 0.3 is 5.97 Å². The highest BCUT2D eigenvalue weighted by Gasteiger charge is 2.26. The van der Waals surface area contributed by atoms with E-state index in [0.717, 1.165) is 0 Å². The van der Waals surface area contributed by atoms with Crippen molar-refractivity contribution in [3.63, 3.8) is 0 Å². The van der Waals surface area contributed by atoms with Gasteiger partial charge in [-0.05, 0) is 13.8 Å². The molecule has 1 aliphatic rings. The highest BCUT2D eigenvalue weighted by Crippen LogP contribution is 2.32. The van der Waals surface area contributed by atoms with Gasteiger partial charge in [0.2, 0.25) is 5.71 Å². The summed E-state index contributed by atoms with van der Waals surface area (Å²) in [5, 5.41) is 9.86. The summed E-state index contributed by atoms with van der Waals surface area (Å²) in [5.41, 5.74) is 0.468. The van der Waals surface area contributed by atoms with Crippen molar-refractivity contribution in [2.45, 2.75) is 13.8 Å². The zero-order chi connectivity index (χ0) is 14.3. The number of morpholine rings is 1. The fourth-order valence-corrected chi connectivity index (χ4v) is 2.46. The first kappa shape index (κ1) is 12.9. The molecule has 0 saturated carbocycles. The van der Waals surface area contributed by atoms with Crippen LogP contribution in [0.15, 0.2) is 4.42 Å². The number of anilines is 1. The van der Waals surface area contributed by atoms with Crippen LogP contribution in [0.3, 0.4) is 0 Å². The molecule has 7 heteroatoms. The normalized spacial score (nSPS) is 15.8. The molecule has 1 N–H and O–H groups in total. The smallest absolute Gasteiger partial charge is 0.340 e. The van der Waals surface area contributed by atoms with E-state index < -0.39 is 5.97 Å². The third-order valence-corrected chi connectivity index (χ3v) is 3.34. The van der Waals surface area contributed by atoms with Crippen molar-refractivity contribution < 1.29 is 19.1 Å². The van der Waals surface area contributed by atoms with Crippen molar-refractivity contribution in [1.29, 1.82) is 0 Å². The zero-order valence-corrected chi connectivity index (χ0v) is 11.3. The van der Waals surface area contributed by atoms with Crippen LogP contribution in [-0.2, 0) is 4.74 Å². The van der Waals surface area contributed by atoms with E-state index in [1.165, 1.54) is 0 Å². The summed E-state index contributed by atoms with van der Waals surface area (Å²) < 4.78 is 10.8. The number of carbonyl (C=O) groups is 1. The Hall–Kier alpha value is -2.15. The first-order valence-corrected chi connectivity index (χ1v) is 6.41. The quantitative estimate of drug-likeness (QED) is 0.886. The molecular weight excluding hydrogens is 262 g/mol. The minimum atomic E-state index is -1.02. The third-order valence-electron chi connectivity index (χ3n) is 3.34. The number of carboxylic acid groups (broad SMARTS) is 1. The van der Waals surface area contributed by atoms with E-state index in [4.69, 9.17) is 9.15 Å². The molecular formula is C13H15N3O4. The summed E-state index contributed by atoms with van der Waals surface area (Å²) in [4.78, 5) is 22.1. The fraction of sp³-hybridized carbons (Fsp3) is 0.462. The number of ether oxygens (including phenoxy) is 1. The predicted octanol–water partition coefficient (Wildman–Crippen LogP) is 1.37. The molecule has 0 unspecified atom stereocenters. The van der Waals surface area contributed by atoms with E-state index in [1.54, 1.807) is 13.8 Å². The molecule has 0 aliphatic carbocycles. The highest BCUT2D eigenvalue weighted by atomic mass is 16.5. The molecule has 0 spiro atoms. The average molecular weight is 277 g/mol. The Balaban J connectivity index is 2.25. The van der Waals surface area contributed by atoms with E-state index in [1.807, 2.05) is 4.90 Å². The minimum Gasteiger partial charge on any atom is -0.478 e. The number of fused-ring (bicyclic) bond motifs is 1. The van der Waals surface area contributed by atoms with Crippen molar-refractivity contribution >= 4 is 22.9 Å². The monoisotopic (exact) mass is 277 g/mol. The van der Waals surface area contributed by atoms with Crippen LogP contribution in [0.5, 0.6) is 0 Å². The van der Waals surface area contributed by atoms with Gasteiger partial charge in [-0.2, -0.15) is 4.98 Å². The first-order valence-electron chi connectivity index (χ1n) is 6.41. The maximum atomic E-state index is 11.5. The first-order chi connectivity index (χ1) is 9.58. The van der Waals surface area contributed by atoms with E-state index in [9.17, 15) is 9.90 Å². The van der Waals surface area contributed by atoms with Crippen molar-refractivity contribution in [3.8, 4) is 0 Å². The second-order valence-corrected chi connectivity index (χ2v) is 4.71. The molecule has 0 radical (unpaired) electrons. The predicted molar refractivity (Wildman–Crippen MR) is 71.3 cm³/mol. The van der Waals surface area contributed by atoms with Crippen LogP contribution < -0.4 is 4.90 Å². The second kappa shape index (κ2) is 4.75. The van der Waals surface area contributed by atoms with E-state index in [-0.39, 0.29) is 5.56 Å². The topological polar surface area (TPSA) is 88.7 Å². The lowest BCUT2D eigenvalue weighted by molar-refractivity contribution is 0.0697. The molecule has 106 valence electrons. The van der Waals surface area contributed by atoms with Crippen LogP contribution in [0.2, 0.25) is 0 Å². The van der Waals surface area contributed by atoms with Crippen LogP contribution in [0.25, 0.3) is 11.1 Å². The molecule has 7 nitrogen and oxygen atoms in total.